The van der Waals surface area contributed by atoms with Gasteiger partial charge in [0.1, 0.15) is 0 Å². The molecule has 0 bridgehead atoms. The molecule has 1 saturated carbocycles. The Morgan fingerprint density at radius 3 is 2.26 bits per heavy atom. The summed E-state index contributed by atoms with van der Waals surface area (Å²) in [5, 5.41) is 0. The first kappa shape index (κ1) is 16.2. The average Bonchev–Trinajstić information content (AvgIpc) is 2.63. The zero-order chi connectivity index (χ0) is 15.9. The second-order valence-corrected chi connectivity index (χ2v) is 6.92. The molecule has 23 heavy (non-hydrogen) atoms. The summed E-state index contributed by atoms with van der Waals surface area (Å²) in [5.74, 6) is 2.46. The van der Waals surface area contributed by atoms with Crippen LogP contribution in [0.25, 0.3) is 11.4 Å². The van der Waals surface area contributed by atoms with E-state index in [0.717, 1.165) is 17.3 Å². The molecular weight excluding hydrogens is 280 g/mol. The van der Waals surface area contributed by atoms with Crippen LogP contribution in [0.15, 0.2) is 42.7 Å². The van der Waals surface area contributed by atoms with E-state index < -0.39 is 0 Å². The number of rotatable bonds is 6. The smallest absolute Gasteiger partial charge is 0.159 e. The van der Waals surface area contributed by atoms with Crippen LogP contribution in [-0.4, -0.2) is 9.97 Å². The second-order valence-electron chi connectivity index (χ2n) is 6.92. The van der Waals surface area contributed by atoms with E-state index in [4.69, 9.17) is 0 Å². The van der Waals surface area contributed by atoms with Crippen molar-refractivity contribution in [3.8, 4) is 11.4 Å². The highest BCUT2D eigenvalue weighted by Gasteiger charge is 2.22. The molecule has 0 spiro atoms. The SMILES string of the molecule is CCCCCC1CCC(c2cnc(-c3ccccc3)nc2)CC1. The standard InChI is InChI=1S/C21H28N2/c1-2-3-5-8-17-11-13-18(14-12-17)20-15-22-21(23-16-20)19-9-6-4-7-10-19/h4,6-7,9-10,15-18H,2-3,5,8,11-14H2,1H3. The van der Waals surface area contributed by atoms with Crippen LogP contribution in [0.4, 0.5) is 0 Å². The molecule has 1 aliphatic carbocycles. The summed E-state index contributed by atoms with van der Waals surface area (Å²) >= 11 is 0. The van der Waals surface area contributed by atoms with Crippen LogP contribution < -0.4 is 0 Å². The molecule has 0 amide bonds. The largest absolute Gasteiger partial charge is 0.236 e. The first-order valence-corrected chi connectivity index (χ1v) is 9.24. The van der Waals surface area contributed by atoms with Crippen molar-refractivity contribution in [2.45, 2.75) is 64.2 Å². The number of unbranched alkanes of at least 4 members (excludes halogenated alkanes) is 2. The number of benzene rings is 1. The predicted molar refractivity (Wildman–Crippen MR) is 96.3 cm³/mol. The minimum absolute atomic E-state index is 0.669. The topological polar surface area (TPSA) is 25.8 Å². The van der Waals surface area contributed by atoms with Gasteiger partial charge in [0.25, 0.3) is 0 Å². The van der Waals surface area contributed by atoms with Crippen molar-refractivity contribution in [3.63, 3.8) is 0 Å². The van der Waals surface area contributed by atoms with Crippen molar-refractivity contribution in [3.05, 3.63) is 48.3 Å². The molecule has 1 heterocycles. The highest BCUT2D eigenvalue weighted by Crippen LogP contribution is 2.37. The molecule has 122 valence electrons. The maximum Gasteiger partial charge on any atom is 0.159 e. The predicted octanol–water partition coefficient (Wildman–Crippen LogP) is 6.00. The van der Waals surface area contributed by atoms with Crippen LogP contribution in [0, 0.1) is 5.92 Å². The van der Waals surface area contributed by atoms with Gasteiger partial charge in [0.05, 0.1) is 0 Å². The Hall–Kier alpha value is -1.70. The molecule has 2 aromatic rings. The van der Waals surface area contributed by atoms with Crippen molar-refractivity contribution in [1.29, 1.82) is 0 Å². The maximum atomic E-state index is 4.59. The Morgan fingerprint density at radius 1 is 0.913 bits per heavy atom. The third kappa shape index (κ3) is 4.40. The first-order chi connectivity index (χ1) is 11.4. The van der Waals surface area contributed by atoms with Crippen LogP contribution in [0.2, 0.25) is 0 Å². The molecule has 1 aromatic heterocycles. The lowest BCUT2D eigenvalue weighted by Crippen LogP contribution is -2.13. The highest BCUT2D eigenvalue weighted by atomic mass is 14.9. The van der Waals surface area contributed by atoms with Crippen LogP contribution in [0.1, 0.15) is 69.8 Å². The number of aromatic nitrogens is 2. The van der Waals surface area contributed by atoms with E-state index in [-0.39, 0.29) is 0 Å². The van der Waals surface area contributed by atoms with E-state index in [0.29, 0.717) is 5.92 Å². The molecule has 0 unspecified atom stereocenters. The van der Waals surface area contributed by atoms with Gasteiger partial charge in [0, 0.05) is 18.0 Å². The minimum atomic E-state index is 0.669. The van der Waals surface area contributed by atoms with Gasteiger partial charge in [0.15, 0.2) is 5.82 Å². The number of nitrogens with zero attached hydrogens (tertiary/aromatic N) is 2. The molecule has 2 heteroatoms. The van der Waals surface area contributed by atoms with Gasteiger partial charge in [0.2, 0.25) is 0 Å². The van der Waals surface area contributed by atoms with Crippen LogP contribution in [0.5, 0.6) is 0 Å². The van der Waals surface area contributed by atoms with Gasteiger partial charge >= 0.3 is 0 Å². The molecule has 0 N–H and O–H groups in total. The minimum Gasteiger partial charge on any atom is -0.236 e. The van der Waals surface area contributed by atoms with Crippen LogP contribution >= 0.6 is 0 Å². The van der Waals surface area contributed by atoms with E-state index in [1.165, 1.54) is 56.9 Å². The molecule has 2 nitrogen and oxygen atoms in total. The second kappa shape index (κ2) is 8.24. The zero-order valence-electron chi connectivity index (χ0n) is 14.2. The Kier molecular flexibility index (Phi) is 5.79. The Labute approximate surface area is 140 Å². The summed E-state index contributed by atoms with van der Waals surface area (Å²) in [5.41, 5.74) is 2.43. The fourth-order valence-corrected chi connectivity index (χ4v) is 3.75. The number of hydrogen-bond donors (Lipinski definition) is 0. The lowest BCUT2D eigenvalue weighted by molar-refractivity contribution is 0.302. The quantitative estimate of drug-likeness (QED) is 0.612. The molecule has 0 radical (unpaired) electrons. The summed E-state index contributed by atoms with van der Waals surface area (Å²) in [6.45, 7) is 2.29. The van der Waals surface area contributed by atoms with Gasteiger partial charge in [-0.15, -0.1) is 0 Å². The molecule has 0 atom stereocenters. The Balaban J connectivity index is 1.55. The molecule has 1 aromatic carbocycles. The van der Waals surface area contributed by atoms with Crippen molar-refractivity contribution in [2.75, 3.05) is 0 Å². The normalized spacial score (nSPS) is 21.3. The van der Waals surface area contributed by atoms with Gasteiger partial charge in [-0.1, -0.05) is 62.9 Å². The van der Waals surface area contributed by atoms with Crippen molar-refractivity contribution >= 4 is 0 Å². The molecular formula is C21H28N2. The third-order valence-electron chi connectivity index (χ3n) is 5.24. The van der Waals surface area contributed by atoms with Gasteiger partial charge in [-0.2, -0.15) is 0 Å². The lowest BCUT2D eigenvalue weighted by atomic mass is 9.77. The Morgan fingerprint density at radius 2 is 1.61 bits per heavy atom. The van der Waals surface area contributed by atoms with Crippen molar-refractivity contribution in [2.24, 2.45) is 5.92 Å². The van der Waals surface area contributed by atoms with Crippen molar-refractivity contribution < 1.29 is 0 Å². The maximum absolute atomic E-state index is 4.59. The highest BCUT2D eigenvalue weighted by molar-refractivity contribution is 5.54. The van der Waals surface area contributed by atoms with Gasteiger partial charge in [-0.3, -0.25) is 0 Å². The molecule has 1 fully saturated rings. The Bertz CT molecular complexity index is 569. The van der Waals surface area contributed by atoms with Gasteiger partial charge < -0.3 is 0 Å². The fraction of sp³-hybridized carbons (Fsp3) is 0.524. The average molecular weight is 308 g/mol. The summed E-state index contributed by atoms with van der Waals surface area (Å²) < 4.78 is 0. The van der Waals surface area contributed by atoms with Crippen LogP contribution in [-0.2, 0) is 0 Å². The third-order valence-corrected chi connectivity index (χ3v) is 5.24. The van der Waals surface area contributed by atoms with E-state index in [1.54, 1.807) is 0 Å². The summed E-state index contributed by atoms with van der Waals surface area (Å²) in [6.07, 6.45) is 15.1. The number of hydrogen-bond acceptors (Lipinski definition) is 2. The fourth-order valence-electron chi connectivity index (χ4n) is 3.75. The van der Waals surface area contributed by atoms with E-state index in [2.05, 4.69) is 41.4 Å². The molecule has 0 saturated heterocycles. The van der Waals surface area contributed by atoms with E-state index >= 15 is 0 Å². The van der Waals surface area contributed by atoms with Crippen molar-refractivity contribution in [1.82, 2.24) is 9.97 Å². The molecule has 0 aliphatic heterocycles. The monoisotopic (exact) mass is 308 g/mol. The van der Waals surface area contributed by atoms with Gasteiger partial charge in [-0.25, -0.2) is 9.97 Å². The molecule has 3 rings (SSSR count). The van der Waals surface area contributed by atoms with Crippen LogP contribution in [0.3, 0.4) is 0 Å². The zero-order valence-corrected chi connectivity index (χ0v) is 14.2. The summed E-state index contributed by atoms with van der Waals surface area (Å²) in [7, 11) is 0. The van der Waals surface area contributed by atoms with Gasteiger partial charge in [-0.05, 0) is 43.1 Å². The summed E-state index contributed by atoms with van der Waals surface area (Å²) in [4.78, 5) is 9.19. The summed E-state index contributed by atoms with van der Waals surface area (Å²) in [6, 6.07) is 10.2. The van der Waals surface area contributed by atoms with E-state index in [9.17, 15) is 0 Å². The molecule has 1 aliphatic rings. The van der Waals surface area contributed by atoms with E-state index in [1.807, 2.05) is 18.2 Å². The lowest BCUT2D eigenvalue weighted by Gasteiger charge is -2.28. The first-order valence-electron chi connectivity index (χ1n) is 9.24.